The lowest BCUT2D eigenvalue weighted by Gasteiger charge is -2.19. The summed E-state index contributed by atoms with van der Waals surface area (Å²) in [6.07, 6.45) is 12.5. The zero-order valence-electron chi connectivity index (χ0n) is 13.9. The number of benzene rings is 1. The highest BCUT2D eigenvalue weighted by atomic mass is 16.5. The molecule has 3 aromatic rings. The van der Waals surface area contributed by atoms with Crippen molar-refractivity contribution < 1.29 is 9.53 Å². The molecule has 0 fully saturated rings. The van der Waals surface area contributed by atoms with E-state index >= 15 is 0 Å². The molecule has 0 aliphatic carbocycles. The molecule has 0 aliphatic heterocycles. The summed E-state index contributed by atoms with van der Waals surface area (Å²) in [7, 11) is 0. The van der Waals surface area contributed by atoms with E-state index in [1.807, 2.05) is 23.1 Å². The summed E-state index contributed by atoms with van der Waals surface area (Å²) in [6, 6.07) is 7.68. The second kappa shape index (κ2) is 6.98. The number of carbonyl (C=O) groups is 1. The summed E-state index contributed by atoms with van der Waals surface area (Å²) in [5, 5.41) is 1.87. The van der Waals surface area contributed by atoms with Crippen LogP contribution >= 0.6 is 0 Å². The van der Waals surface area contributed by atoms with Crippen molar-refractivity contribution in [1.29, 1.82) is 0 Å². The van der Waals surface area contributed by atoms with Crippen molar-refractivity contribution in [2.45, 2.75) is 6.92 Å². The number of hydrogen-bond acceptors (Lipinski definition) is 4. The molecule has 0 saturated heterocycles. The SMILES string of the molecule is C#CCN(CC#C)c1ccc2[nH]c3cnc(C(=O)OCC)cc3c2c1. The first-order valence-electron chi connectivity index (χ1n) is 7.88. The molecule has 0 saturated carbocycles. The van der Waals surface area contributed by atoms with E-state index in [9.17, 15) is 4.79 Å². The lowest BCUT2D eigenvalue weighted by atomic mass is 10.1. The number of rotatable bonds is 5. The van der Waals surface area contributed by atoms with Crippen LogP contribution in [0.15, 0.2) is 30.5 Å². The standard InChI is InChI=1S/C20H17N3O2/c1-4-9-23(10-5-2)14-7-8-17-15(11-14)16-12-18(20(24)25-6-3)21-13-19(16)22-17/h1-2,7-8,11-13,22H,6,9-10H2,3H3. The quantitative estimate of drug-likeness (QED) is 0.577. The number of esters is 1. The van der Waals surface area contributed by atoms with Gasteiger partial charge in [0.15, 0.2) is 0 Å². The number of carbonyl (C=O) groups excluding carboxylic acids is 1. The van der Waals surface area contributed by atoms with Gasteiger partial charge < -0.3 is 14.6 Å². The summed E-state index contributed by atoms with van der Waals surface area (Å²) >= 11 is 0. The summed E-state index contributed by atoms with van der Waals surface area (Å²) < 4.78 is 5.03. The fraction of sp³-hybridized carbons (Fsp3) is 0.200. The van der Waals surface area contributed by atoms with Crippen molar-refractivity contribution in [3.8, 4) is 24.7 Å². The highest BCUT2D eigenvalue weighted by Gasteiger charge is 2.13. The van der Waals surface area contributed by atoms with Crippen LogP contribution in [0.3, 0.4) is 0 Å². The molecule has 0 bridgehead atoms. The zero-order chi connectivity index (χ0) is 17.8. The number of pyridine rings is 1. The van der Waals surface area contributed by atoms with Crippen LogP contribution < -0.4 is 4.90 Å². The van der Waals surface area contributed by atoms with Crippen LogP contribution in [0.4, 0.5) is 5.69 Å². The Kier molecular flexibility index (Phi) is 4.59. The van der Waals surface area contributed by atoms with Gasteiger partial charge >= 0.3 is 5.97 Å². The van der Waals surface area contributed by atoms with E-state index in [0.29, 0.717) is 19.7 Å². The first kappa shape index (κ1) is 16.4. The third-order valence-electron chi connectivity index (χ3n) is 3.88. The molecule has 25 heavy (non-hydrogen) atoms. The first-order valence-corrected chi connectivity index (χ1v) is 7.88. The van der Waals surface area contributed by atoms with Crippen molar-refractivity contribution in [2.24, 2.45) is 0 Å². The van der Waals surface area contributed by atoms with Crippen molar-refractivity contribution in [1.82, 2.24) is 9.97 Å². The van der Waals surface area contributed by atoms with Gasteiger partial charge in [-0.2, -0.15) is 0 Å². The summed E-state index contributed by atoms with van der Waals surface area (Å²) in [5.41, 5.74) is 3.01. The van der Waals surface area contributed by atoms with Gasteiger partial charge in [-0.25, -0.2) is 9.78 Å². The number of nitrogens with one attached hydrogen (secondary N) is 1. The maximum Gasteiger partial charge on any atom is 0.356 e. The number of aromatic amines is 1. The van der Waals surface area contributed by atoms with Crippen LogP contribution in [0.2, 0.25) is 0 Å². The molecule has 0 atom stereocenters. The molecule has 0 spiro atoms. The molecule has 2 heterocycles. The molecule has 1 aromatic carbocycles. The second-order valence-electron chi connectivity index (χ2n) is 5.45. The summed E-state index contributed by atoms with van der Waals surface area (Å²) in [6.45, 7) is 2.92. The lowest BCUT2D eigenvalue weighted by molar-refractivity contribution is 0.0520. The van der Waals surface area contributed by atoms with Crippen LogP contribution in [-0.4, -0.2) is 35.6 Å². The summed E-state index contributed by atoms with van der Waals surface area (Å²) in [5.74, 6) is 4.81. The number of hydrogen-bond donors (Lipinski definition) is 1. The van der Waals surface area contributed by atoms with Crippen LogP contribution in [0.25, 0.3) is 21.8 Å². The fourth-order valence-electron chi connectivity index (χ4n) is 2.76. The van der Waals surface area contributed by atoms with Crippen LogP contribution in [-0.2, 0) is 4.74 Å². The number of anilines is 1. The third kappa shape index (κ3) is 3.13. The average Bonchev–Trinajstić information content (AvgIpc) is 2.98. The van der Waals surface area contributed by atoms with Gasteiger partial charge in [0.25, 0.3) is 0 Å². The van der Waals surface area contributed by atoms with Crippen molar-refractivity contribution in [2.75, 3.05) is 24.6 Å². The largest absolute Gasteiger partial charge is 0.461 e. The van der Waals surface area contributed by atoms with Crippen LogP contribution in [0, 0.1) is 24.7 Å². The Bertz CT molecular complexity index is 1010. The zero-order valence-corrected chi connectivity index (χ0v) is 13.9. The second-order valence-corrected chi connectivity index (χ2v) is 5.45. The number of H-pyrrole nitrogens is 1. The van der Waals surface area contributed by atoms with E-state index in [2.05, 4.69) is 21.8 Å². The molecular weight excluding hydrogens is 314 g/mol. The van der Waals surface area contributed by atoms with Crippen LogP contribution in [0.5, 0.6) is 0 Å². The van der Waals surface area contributed by atoms with Crippen molar-refractivity contribution >= 4 is 33.5 Å². The van der Waals surface area contributed by atoms with Gasteiger partial charge in [-0.1, -0.05) is 11.8 Å². The minimum Gasteiger partial charge on any atom is -0.461 e. The van der Waals surface area contributed by atoms with Gasteiger partial charge in [-0.15, -0.1) is 12.8 Å². The smallest absolute Gasteiger partial charge is 0.356 e. The molecule has 5 heteroatoms. The Balaban J connectivity index is 2.12. The highest BCUT2D eigenvalue weighted by Crippen LogP contribution is 2.29. The molecule has 2 aromatic heterocycles. The van der Waals surface area contributed by atoms with E-state index < -0.39 is 5.97 Å². The van der Waals surface area contributed by atoms with E-state index in [1.54, 1.807) is 19.2 Å². The molecule has 5 nitrogen and oxygen atoms in total. The van der Waals surface area contributed by atoms with Gasteiger partial charge in [0.1, 0.15) is 5.69 Å². The highest BCUT2D eigenvalue weighted by molar-refractivity contribution is 6.09. The molecule has 0 aliphatic rings. The Morgan fingerprint density at radius 3 is 2.60 bits per heavy atom. The van der Waals surface area contributed by atoms with Crippen LogP contribution in [0.1, 0.15) is 17.4 Å². The molecule has 0 amide bonds. The monoisotopic (exact) mass is 331 g/mol. The normalized spacial score (nSPS) is 10.4. The predicted molar refractivity (Wildman–Crippen MR) is 99.4 cm³/mol. The fourth-order valence-corrected chi connectivity index (χ4v) is 2.76. The summed E-state index contributed by atoms with van der Waals surface area (Å²) in [4.78, 5) is 21.3. The Labute approximate surface area is 146 Å². The molecule has 3 rings (SSSR count). The predicted octanol–water partition coefficient (Wildman–Crippen LogP) is 2.97. The minimum atomic E-state index is -0.434. The van der Waals surface area contributed by atoms with E-state index in [1.165, 1.54) is 0 Å². The lowest BCUT2D eigenvalue weighted by Crippen LogP contribution is -2.23. The Morgan fingerprint density at radius 2 is 1.92 bits per heavy atom. The molecule has 0 radical (unpaired) electrons. The molecule has 124 valence electrons. The van der Waals surface area contributed by atoms with E-state index in [4.69, 9.17) is 17.6 Å². The number of terminal acetylenes is 2. The molecule has 1 N–H and O–H groups in total. The van der Waals surface area contributed by atoms with Gasteiger partial charge in [0, 0.05) is 22.0 Å². The minimum absolute atomic E-state index is 0.282. The molecule has 0 unspecified atom stereocenters. The first-order chi connectivity index (χ1) is 12.2. The topological polar surface area (TPSA) is 58.2 Å². The van der Waals surface area contributed by atoms with E-state index in [0.717, 1.165) is 27.5 Å². The van der Waals surface area contributed by atoms with Gasteiger partial charge in [-0.3, -0.25) is 0 Å². The Morgan fingerprint density at radius 1 is 1.20 bits per heavy atom. The third-order valence-corrected chi connectivity index (χ3v) is 3.88. The average molecular weight is 331 g/mol. The van der Waals surface area contributed by atoms with Gasteiger partial charge in [0.05, 0.1) is 31.4 Å². The maximum atomic E-state index is 11.9. The number of ether oxygens (including phenoxy) is 1. The van der Waals surface area contributed by atoms with E-state index in [-0.39, 0.29) is 5.69 Å². The van der Waals surface area contributed by atoms with Crippen molar-refractivity contribution in [3.63, 3.8) is 0 Å². The molecular formula is C20H17N3O2. The van der Waals surface area contributed by atoms with Crippen molar-refractivity contribution in [3.05, 3.63) is 36.2 Å². The maximum absolute atomic E-state index is 11.9. The van der Waals surface area contributed by atoms with Gasteiger partial charge in [0.2, 0.25) is 0 Å². The number of nitrogens with zero attached hydrogens (tertiary/aromatic N) is 2. The number of fused-ring (bicyclic) bond motifs is 3. The van der Waals surface area contributed by atoms with Gasteiger partial charge in [-0.05, 0) is 31.2 Å². The number of aromatic nitrogens is 2. The Hall–Kier alpha value is -3.44.